The van der Waals surface area contributed by atoms with E-state index in [2.05, 4.69) is 29.4 Å². The zero-order valence-electron chi connectivity index (χ0n) is 11.2. The fourth-order valence-electron chi connectivity index (χ4n) is 1.80. The van der Waals surface area contributed by atoms with Crippen LogP contribution in [0.15, 0.2) is 24.3 Å². The van der Waals surface area contributed by atoms with E-state index in [4.69, 9.17) is 4.74 Å². The number of methoxy groups -OCH3 is 1. The summed E-state index contributed by atoms with van der Waals surface area (Å²) in [5, 5.41) is 3.17. The summed E-state index contributed by atoms with van der Waals surface area (Å²) < 4.78 is 5.23. The van der Waals surface area contributed by atoms with Gasteiger partial charge < -0.3 is 15.0 Å². The summed E-state index contributed by atoms with van der Waals surface area (Å²) in [5.74, 6) is 0.921. The Morgan fingerprint density at radius 1 is 1.24 bits per heavy atom. The molecule has 0 bridgehead atoms. The minimum atomic E-state index is 0.921. The van der Waals surface area contributed by atoms with Gasteiger partial charge in [0, 0.05) is 25.3 Å². The topological polar surface area (TPSA) is 24.5 Å². The maximum Gasteiger partial charge on any atom is 0.120 e. The lowest BCUT2D eigenvalue weighted by molar-refractivity contribution is 0.415. The number of anilines is 1. The minimum Gasteiger partial charge on any atom is -0.497 e. The summed E-state index contributed by atoms with van der Waals surface area (Å²) in [6.45, 7) is 2.21. The van der Waals surface area contributed by atoms with Crippen molar-refractivity contribution in [3.63, 3.8) is 0 Å². The van der Waals surface area contributed by atoms with Crippen molar-refractivity contribution in [1.29, 1.82) is 0 Å². The van der Waals surface area contributed by atoms with Gasteiger partial charge >= 0.3 is 0 Å². The van der Waals surface area contributed by atoms with Gasteiger partial charge in [-0.1, -0.05) is 12.5 Å². The molecule has 0 heterocycles. The van der Waals surface area contributed by atoms with Crippen LogP contribution in [0.1, 0.15) is 19.3 Å². The molecule has 96 valence electrons. The molecular formula is C14H24N2O. The van der Waals surface area contributed by atoms with Crippen molar-refractivity contribution in [2.24, 2.45) is 0 Å². The second-order valence-electron chi connectivity index (χ2n) is 4.29. The molecule has 1 N–H and O–H groups in total. The Morgan fingerprint density at radius 3 is 2.76 bits per heavy atom. The quantitative estimate of drug-likeness (QED) is 0.702. The van der Waals surface area contributed by atoms with E-state index in [1.54, 1.807) is 7.11 Å². The largest absolute Gasteiger partial charge is 0.497 e. The highest BCUT2D eigenvalue weighted by atomic mass is 16.5. The summed E-state index contributed by atoms with van der Waals surface area (Å²) in [5.41, 5.74) is 1.22. The molecule has 0 unspecified atom stereocenters. The van der Waals surface area contributed by atoms with Crippen molar-refractivity contribution in [2.75, 3.05) is 39.2 Å². The van der Waals surface area contributed by atoms with Gasteiger partial charge in [-0.3, -0.25) is 0 Å². The molecule has 1 aromatic rings. The van der Waals surface area contributed by atoms with Crippen LogP contribution in [-0.2, 0) is 0 Å². The van der Waals surface area contributed by atoms with Crippen LogP contribution in [-0.4, -0.2) is 34.3 Å². The third kappa shape index (κ3) is 5.09. The fraction of sp³-hybridized carbons (Fsp3) is 0.571. The van der Waals surface area contributed by atoms with E-state index in [-0.39, 0.29) is 0 Å². The van der Waals surface area contributed by atoms with Gasteiger partial charge in [-0.15, -0.1) is 0 Å². The number of hydrogen-bond donors (Lipinski definition) is 1. The number of unbranched alkanes of at least 4 members (excludes halogenated alkanes) is 2. The van der Waals surface area contributed by atoms with Crippen molar-refractivity contribution in [2.45, 2.75) is 19.3 Å². The van der Waals surface area contributed by atoms with Crippen LogP contribution < -0.4 is 15.0 Å². The van der Waals surface area contributed by atoms with Gasteiger partial charge in [0.25, 0.3) is 0 Å². The molecule has 3 nitrogen and oxygen atoms in total. The lowest BCUT2D eigenvalue weighted by atomic mass is 10.2. The number of ether oxygens (including phenoxy) is 1. The van der Waals surface area contributed by atoms with Gasteiger partial charge in [0.05, 0.1) is 7.11 Å². The third-order valence-electron chi connectivity index (χ3n) is 2.91. The Morgan fingerprint density at radius 2 is 2.06 bits per heavy atom. The van der Waals surface area contributed by atoms with Gasteiger partial charge in [-0.2, -0.15) is 0 Å². The molecule has 0 aliphatic carbocycles. The number of rotatable bonds is 8. The molecule has 0 saturated carbocycles. The van der Waals surface area contributed by atoms with Crippen LogP contribution in [0.5, 0.6) is 5.75 Å². The van der Waals surface area contributed by atoms with Crippen LogP contribution >= 0.6 is 0 Å². The second-order valence-corrected chi connectivity index (χ2v) is 4.29. The SMILES string of the molecule is CNCCCCCN(C)c1cccc(OC)c1. The number of nitrogens with zero attached hydrogens (tertiary/aromatic N) is 1. The highest BCUT2D eigenvalue weighted by molar-refractivity contribution is 5.49. The second kappa shape index (κ2) is 7.96. The average molecular weight is 236 g/mol. The summed E-state index contributed by atoms with van der Waals surface area (Å²) in [4.78, 5) is 2.28. The Hall–Kier alpha value is -1.22. The average Bonchev–Trinajstić information content (AvgIpc) is 2.38. The van der Waals surface area contributed by atoms with Crippen LogP contribution in [0.2, 0.25) is 0 Å². The summed E-state index contributed by atoms with van der Waals surface area (Å²) in [7, 11) is 5.84. The maximum absolute atomic E-state index is 5.23. The highest BCUT2D eigenvalue weighted by Crippen LogP contribution is 2.20. The van der Waals surface area contributed by atoms with Gasteiger partial charge in [-0.25, -0.2) is 0 Å². The van der Waals surface area contributed by atoms with Crippen LogP contribution in [0.4, 0.5) is 5.69 Å². The first kappa shape index (κ1) is 13.8. The fourth-order valence-corrected chi connectivity index (χ4v) is 1.80. The molecule has 17 heavy (non-hydrogen) atoms. The smallest absolute Gasteiger partial charge is 0.120 e. The van der Waals surface area contributed by atoms with Crippen molar-refractivity contribution >= 4 is 5.69 Å². The van der Waals surface area contributed by atoms with Crippen LogP contribution in [0, 0.1) is 0 Å². The number of benzene rings is 1. The van der Waals surface area contributed by atoms with E-state index < -0.39 is 0 Å². The molecule has 3 heteroatoms. The third-order valence-corrected chi connectivity index (χ3v) is 2.91. The van der Waals surface area contributed by atoms with E-state index in [0.717, 1.165) is 18.8 Å². The first-order chi connectivity index (χ1) is 8.27. The first-order valence-electron chi connectivity index (χ1n) is 6.27. The number of nitrogens with one attached hydrogen (secondary N) is 1. The molecule has 1 aromatic carbocycles. The van der Waals surface area contributed by atoms with Crippen molar-refractivity contribution in [3.8, 4) is 5.75 Å². The van der Waals surface area contributed by atoms with E-state index in [9.17, 15) is 0 Å². The molecule has 0 aromatic heterocycles. The van der Waals surface area contributed by atoms with E-state index in [1.807, 2.05) is 19.2 Å². The molecule has 0 aliphatic rings. The number of hydrogen-bond acceptors (Lipinski definition) is 3. The zero-order chi connectivity index (χ0) is 12.5. The summed E-state index contributed by atoms with van der Waals surface area (Å²) in [6.07, 6.45) is 3.76. The monoisotopic (exact) mass is 236 g/mol. The molecule has 0 saturated heterocycles. The molecule has 0 amide bonds. The van der Waals surface area contributed by atoms with Crippen LogP contribution in [0.3, 0.4) is 0 Å². The van der Waals surface area contributed by atoms with Gasteiger partial charge in [0.15, 0.2) is 0 Å². The van der Waals surface area contributed by atoms with Gasteiger partial charge in [0.2, 0.25) is 0 Å². The molecule has 0 atom stereocenters. The lowest BCUT2D eigenvalue weighted by Gasteiger charge is -2.19. The molecule has 0 aliphatic heterocycles. The molecule has 0 radical (unpaired) electrons. The van der Waals surface area contributed by atoms with E-state index in [1.165, 1.54) is 24.9 Å². The van der Waals surface area contributed by atoms with E-state index >= 15 is 0 Å². The Kier molecular flexibility index (Phi) is 6.48. The molecule has 0 fully saturated rings. The first-order valence-corrected chi connectivity index (χ1v) is 6.27. The minimum absolute atomic E-state index is 0.921. The Balaban J connectivity index is 2.33. The predicted molar refractivity (Wildman–Crippen MR) is 74.0 cm³/mol. The molecule has 0 spiro atoms. The standard InChI is InChI=1S/C14H24N2O/c1-15-10-5-4-6-11-16(2)13-8-7-9-14(12-13)17-3/h7-9,12,15H,4-6,10-11H2,1-3H3. The van der Waals surface area contributed by atoms with Gasteiger partial charge in [0.1, 0.15) is 5.75 Å². The lowest BCUT2D eigenvalue weighted by Crippen LogP contribution is -2.18. The zero-order valence-corrected chi connectivity index (χ0v) is 11.2. The Labute approximate surface area is 105 Å². The van der Waals surface area contributed by atoms with Gasteiger partial charge in [-0.05, 0) is 38.6 Å². The van der Waals surface area contributed by atoms with Crippen molar-refractivity contribution < 1.29 is 4.74 Å². The Bertz CT molecular complexity index is 315. The van der Waals surface area contributed by atoms with Crippen LogP contribution in [0.25, 0.3) is 0 Å². The highest BCUT2D eigenvalue weighted by Gasteiger charge is 2.01. The summed E-state index contributed by atoms with van der Waals surface area (Å²) >= 11 is 0. The van der Waals surface area contributed by atoms with Crippen molar-refractivity contribution in [3.05, 3.63) is 24.3 Å². The molecule has 1 rings (SSSR count). The van der Waals surface area contributed by atoms with E-state index in [0.29, 0.717) is 0 Å². The predicted octanol–water partition coefficient (Wildman–Crippen LogP) is 2.52. The summed E-state index contributed by atoms with van der Waals surface area (Å²) in [6, 6.07) is 8.21. The maximum atomic E-state index is 5.23. The van der Waals surface area contributed by atoms with Crippen molar-refractivity contribution in [1.82, 2.24) is 5.32 Å². The molecular weight excluding hydrogens is 212 g/mol. The normalized spacial score (nSPS) is 10.3.